The number of rotatable bonds is 2. The molecular weight excluding hydrogens is 245 g/mol. The molecule has 2 aromatic rings. The molecule has 0 aliphatic carbocycles. The summed E-state index contributed by atoms with van der Waals surface area (Å²) >= 11 is 5.85. The van der Waals surface area contributed by atoms with Crippen molar-refractivity contribution >= 4 is 23.2 Å². The molecule has 1 N–H and O–H groups in total. The number of carbonyl (C=O) groups excluding carboxylic acids is 1. The number of pyridine rings is 2. The summed E-state index contributed by atoms with van der Waals surface area (Å²) in [7, 11) is 0. The maximum atomic E-state index is 12.8. The Morgan fingerprint density at radius 2 is 2.18 bits per heavy atom. The molecule has 0 saturated carbocycles. The smallest absolute Gasteiger partial charge is 0.255 e. The maximum absolute atomic E-state index is 12.8. The lowest BCUT2D eigenvalue weighted by Crippen LogP contribution is -2.12. The van der Waals surface area contributed by atoms with Crippen LogP contribution in [-0.4, -0.2) is 15.9 Å². The first-order valence-corrected chi connectivity index (χ1v) is 5.07. The summed E-state index contributed by atoms with van der Waals surface area (Å²) in [5, 5.41) is 2.89. The largest absolute Gasteiger partial charge is 0.319 e. The van der Waals surface area contributed by atoms with Gasteiger partial charge in [0, 0.05) is 24.0 Å². The fourth-order valence-electron chi connectivity index (χ4n) is 1.21. The first-order valence-electron chi connectivity index (χ1n) is 4.69. The third-order valence-corrected chi connectivity index (χ3v) is 2.33. The van der Waals surface area contributed by atoms with Crippen molar-refractivity contribution in [2.45, 2.75) is 0 Å². The Bertz CT molecular complexity index is 562. The first-order chi connectivity index (χ1) is 8.16. The van der Waals surface area contributed by atoms with E-state index in [9.17, 15) is 9.18 Å². The van der Waals surface area contributed by atoms with Gasteiger partial charge in [-0.05, 0) is 12.1 Å². The minimum absolute atomic E-state index is 0.164. The molecule has 86 valence electrons. The van der Waals surface area contributed by atoms with Crippen LogP contribution in [0.15, 0.2) is 36.8 Å². The Morgan fingerprint density at radius 3 is 2.88 bits per heavy atom. The predicted molar refractivity (Wildman–Crippen MR) is 61.4 cm³/mol. The minimum Gasteiger partial charge on any atom is -0.319 e. The molecule has 6 heteroatoms. The van der Waals surface area contributed by atoms with Crippen LogP contribution in [0.2, 0.25) is 5.02 Å². The standard InChI is InChI=1S/C11H7ClFN3O/c12-8-2-3-14-6-9(8)16-11(17)7-1-4-15-10(13)5-7/h1-6H,(H,16,17). The number of anilines is 1. The average Bonchev–Trinajstić information content (AvgIpc) is 2.32. The molecule has 4 nitrogen and oxygen atoms in total. The molecule has 17 heavy (non-hydrogen) atoms. The van der Waals surface area contributed by atoms with Crippen molar-refractivity contribution in [1.82, 2.24) is 9.97 Å². The summed E-state index contributed by atoms with van der Waals surface area (Å²) in [6.45, 7) is 0. The molecule has 0 atom stereocenters. The van der Waals surface area contributed by atoms with E-state index in [1.54, 1.807) is 6.07 Å². The summed E-state index contributed by atoms with van der Waals surface area (Å²) in [4.78, 5) is 18.9. The van der Waals surface area contributed by atoms with Gasteiger partial charge in [-0.25, -0.2) is 4.98 Å². The Morgan fingerprint density at radius 1 is 1.35 bits per heavy atom. The SMILES string of the molecule is O=C(Nc1cnccc1Cl)c1ccnc(F)c1. The van der Waals surface area contributed by atoms with Gasteiger partial charge in [0.15, 0.2) is 0 Å². The molecule has 0 saturated heterocycles. The van der Waals surface area contributed by atoms with Crippen molar-refractivity contribution in [3.63, 3.8) is 0 Å². The zero-order valence-electron chi connectivity index (χ0n) is 8.52. The first kappa shape index (κ1) is 11.5. The molecule has 2 rings (SSSR count). The molecule has 0 aliphatic heterocycles. The van der Waals surface area contributed by atoms with Crippen LogP contribution in [0, 0.1) is 5.95 Å². The molecule has 0 aromatic carbocycles. The van der Waals surface area contributed by atoms with E-state index in [0.717, 1.165) is 6.07 Å². The van der Waals surface area contributed by atoms with E-state index in [2.05, 4.69) is 15.3 Å². The minimum atomic E-state index is -0.713. The Hall–Kier alpha value is -2.01. The molecule has 0 radical (unpaired) electrons. The fourth-order valence-corrected chi connectivity index (χ4v) is 1.36. The number of halogens is 2. The number of hydrogen-bond donors (Lipinski definition) is 1. The van der Waals surface area contributed by atoms with Gasteiger partial charge in [-0.3, -0.25) is 9.78 Å². The molecular formula is C11H7ClFN3O. The lowest BCUT2D eigenvalue weighted by Gasteiger charge is -2.05. The Balaban J connectivity index is 2.20. The third kappa shape index (κ3) is 2.76. The average molecular weight is 252 g/mol. The number of amides is 1. The van der Waals surface area contributed by atoms with Gasteiger partial charge in [-0.1, -0.05) is 11.6 Å². The van der Waals surface area contributed by atoms with Gasteiger partial charge in [0.1, 0.15) is 0 Å². The monoisotopic (exact) mass is 251 g/mol. The van der Waals surface area contributed by atoms with Crippen LogP contribution in [0.4, 0.5) is 10.1 Å². The fraction of sp³-hybridized carbons (Fsp3) is 0. The lowest BCUT2D eigenvalue weighted by molar-refractivity contribution is 0.102. The molecule has 0 fully saturated rings. The van der Waals surface area contributed by atoms with E-state index in [4.69, 9.17) is 11.6 Å². The quantitative estimate of drug-likeness (QED) is 0.835. The van der Waals surface area contributed by atoms with Crippen molar-refractivity contribution in [2.24, 2.45) is 0 Å². The summed E-state index contributed by atoms with van der Waals surface area (Å²) in [5.41, 5.74) is 0.536. The highest BCUT2D eigenvalue weighted by atomic mass is 35.5. The van der Waals surface area contributed by atoms with E-state index < -0.39 is 11.9 Å². The predicted octanol–water partition coefficient (Wildman–Crippen LogP) is 2.52. The number of nitrogens with zero attached hydrogens (tertiary/aromatic N) is 2. The van der Waals surface area contributed by atoms with Gasteiger partial charge >= 0.3 is 0 Å². The van der Waals surface area contributed by atoms with Crippen LogP contribution in [0.1, 0.15) is 10.4 Å². The summed E-state index contributed by atoms with van der Waals surface area (Å²) in [5.74, 6) is -1.18. The lowest BCUT2D eigenvalue weighted by atomic mass is 10.2. The van der Waals surface area contributed by atoms with Gasteiger partial charge in [0.05, 0.1) is 16.9 Å². The van der Waals surface area contributed by atoms with Gasteiger partial charge in [-0.15, -0.1) is 0 Å². The Labute approximate surface area is 101 Å². The maximum Gasteiger partial charge on any atom is 0.255 e. The van der Waals surface area contributed by atoms with Crippen LogP contribution in [0.5, 0.6) is 0 Å². The molecule has 2 heterocycles. The van der Waals surface area contributed by atoms with Gasteiger partial charge < -0.3 is 5.32 Å². The van der Waals surface area contributed by atoms with E-state index >= 15 is 0 Å². The van der Waals surface area contributed by atoms with Gasteiger partial charge in [0.25, 0.3) is 5.91 Å². The van der Waals surface area contributed by atoms with E-state index in [1.807, 2.05) is 0 Å². The number of nitrogens with one attached hydrogen (secondary N) is 1. The van der Waals surface area contributed by atoms with Crippen molar-refractivity contribution < 1.29 is 9.18 Å². The van der Waals surface area contributed by atoms with Crippen molar-refractivity contribution in [2.75, 3.05) is 5.32 Å². The van der Waals surface area contributed by atoms with E-state index in [0.29, 0.717) is 10.7 Å². The second kappa shape index (κ2) is 4.88. The zero-order chi connectivity index (χ0) is 12.3. The summed E-state index contributed by atoms with van der Waals surface area (Å²) < 4.78 is 12.8. The van der Waals surface area contributed by atoms with E-state index in [1.165, 1.54) is 24.7 Å². The molecule has 0 bridgehead atoms. The van der Waals surface area contributed by atoms with Gasteiger partial charge in [-0.2, -0.15) is 4.39 Å². The van der Waals surface area contributed by atoms with Crippen LogP contribution in [-0.2, 0) is 0 Å². The van der Waals surface area contributed by atoms with Crippen LogP contribution >= 0.6 is 11.6 Å². The van der Waals surface area contributed by atoms with Crippen molar-refractivity contribution in [1.29, 1.82) is 0 Å². The van der Waals surface area contributed by atoms with Crippen molar-refractivity contribution in [3.8, 4) is 0 Å². The van der Waals surface area contributed by atoms with Crippen LogP contribution < -0.4 is 5.32 Å². The number of hydrogen-bond acceptors (Lipinski definition) is 3. The second-order valence-corrected chi connectivity index (χ2v) is 3.58. The molecule has 1 amide bonds. The third-order valence-electron chi connectivity index (χ3n) is 2.00. The zero-order valence-corrected chi connectivity index (χ0v) is 9.28. The summed E-state index contributed by atoms with van der Waals surface area (Å²) in [6, 6.07) is 3.99. The second-order valence-electron chi connectivity index (χ2n) is 3.18. The van der Waals surface area contributed by atoms with E-state index in [-0.39, 0.29) is 5.56 Å². The highest BCUT2D eigenvalue weighted by molar-refractivity contribution is 6.33. The highest BCUT2D eigenvalue weighted by Crippen LogP contribution is 2.19. The molecule has 0 aliphatic rings. The number of carbonyl (C=O) groups is 1. The highest BCUT2D eigenvalue weighted by Gasteiger charge is 2.09. The molecule has 2 aromatic heterocycles. The molecule has 0 spiro atoms. The summed E-state index contributed by atoms with van der Waals surface area (Å²) in [6.07, 6.45) is 4.14. The van der Waals surface area contributed by atoms with Crippen molar-refractivity contribution in [3.05, 3.63) is 53.3 Å². The Kier molecular flexibility index (Phi) is 3.30. The van der Waals surface area contributed by atoms with Crippen LogP contribution in [0.25, 0.3) is 0 Å². The topological polar surface area (TPSA) is 54.9 Å². The number of aromatic nitrogens is 2. The normalized spacial score (nSPS) is 10.0. The van der Waals surface area contributed by atoms with Gasteiger partial charge in [0.2, 0.25) is 5.95 Å². The molecule has 0 unspecified atom stereocenters. The van der Waals surface area contributed by atoms with Crippen LogP contribution in [0.3, 0.4) is 0 Å².